The van der Waals surface area contributed by atoms with Gasteiger partial charge in [-0.2, -0.15) is 0 Å². The molecule has 0 atom stereocenters. The number of aromatic nitrogens is 4. The van der Waals surface area contributed by atoms with Crippen LogP contribution in [-0.2, 0) is 19.6 Å². The van der Waals surface area contributed by atoms with E-state index in [4.69, 9.17) is 5.11 Å². The van der Waals surface area contributed by atoms with Gasteiger partial charge in [0.25, 0.3) is 0 Å². The SMILES string of the molecule is Cc1cc(C(=O)O)cc(CNCc2nncn2C/C=C/c2ccccc2)n1. The lowest BCUT2D eigenvalue weighted by molar-refractivity contribution is 0.0696. The fourth-order valence-corrected chi connectivity index (χ4v) is 2.69. The van der Waals surface area contributed by atoms with Crippen molar-refractivity contribution in [3.8, 4) is 0 Å². The van der Waals surface area contributed by atoms with Crippen molar-refractivity contribution in [2.45, 2.75) is 26.6 Å². The molecule has 0 unspecified atom stereocenters. The second-order valence-electron chi connectivity index (χ2n) is 6.11. The highest BCUT2D eigenvalue weighted by Gasteiger charge is 2.07. The van der Waals surface area contributed by atoms with Crippen LogP contribution < -0.4 is 5.32 Å². The van der Waals surface area contributed by atoms with Gasteiger partial charge in [0, 0.05) is 18.8 Å². The molecule has 0 aliphatic carbocycles. The Morgan fingerprint density at radius 3 is 2.81 bits per heavy atom. The van der Waals surface area contributed by atoms with E-state index in [1.165, 1.54) is 0 Å². The molecule has 3 rings (SSSR count). The van der Waals surface area contributed by atoms with Gasteiger partial charge in [0.05, 0.1) is 17.8 Å². The van der Waals surface area contributed by atoms with Crippen LogP contribution in [0, 0.1) is 6.92 Å². The number of pyridine rings is 1. The summed E-state index contributed by atoms with van der Waals surface area (Å²) in [6, 6.07) is 13.2. The molecule has 3 aromatic rings. The van der Waals surface area contributed by atoms with Crippen molar-refractivity contribution in [3.05, 3.63) is 83.2 Å². The zero-order valence-electron chi connectivity index (χ0n) is 15.0. The molecule has 0 amide bonds. The lowest BCUT2D eigenvalue weighted by Gasteiger charge is -2.07. The third kappa shape index (κ3) is 5.32. The second kappa shape index (κ2) is 8.86. The number of allylic oxidation sites excluding steroid dienone is 1. The van der Waals surface area contributed by atoms with Crippen molar-refractivity contribution in [1.82, 2.24) is 25.1 Å². The van der Waals surface area contributed by atoms with Crippen LogP contribution in [0.3, 0.4) is 0 Å². The Hall–Kier alpha value is -3.32. The Morgan fingerprint density at radius 1 is 1.22 bits per heavy atom. The van der Waals surface area contributed by atoms with E-state index in [9.17, 15) is 4.79 Å². The van der Waals surface area contributed by atoms with Crippen molar-refractivity contribution in [3.63, 3.8) is 0 Å². The van der Waals surface area contributed by atoms with Gasteiger partial charge in [0.15, 0.2) is 0 Å². The van der Waals surface area contributed by atoms with E-state index in [1.54, 1.807) is 25.4 Å². The van der Waals surface area contributed by atoms with Crippen molar-refractivity contribution in [2.24, 2.45) is 0 Å². The molecular weight excluding hydrogens is 342 g/mol. The van der Waals surface area contributed by atoms with Crippen molar-refractivity contribution >= 4 is 12.0 Å². The normalized spacial score (nSPS) is 11.1. The number of aryl methyl sites for hydroxylation is 1. The first kappa shape index (κ1) is 18.5. The van der Waals surface area contributed by atoms with Crippen LogP contribution in [-0.4, -0.2) is 30.8 Å². The van der Waals surface area contributed by atoms with Gasteiger partial charge in [0.1, 0.15) is 12.2 Å². The summed E-state index contributed by atoms with van der Waals surface area (Å²) in [5, 5.41) is 20.5. The molecule has 0 saturated heterocycles. The fourth-order valence-electron chi connectivity index (χ4n) is 2.69. The highest BCUT2D eigenvalue weighted by Crippen LogP contribution is 2.07. The molecule has 7 heteroatoms. The predicted molar refractivity (Wildman–Crippen MR) is 102 cm³/mol. The smallest absolute Gasteiger partial charge is 0.335 e. The van der Waals surface area contributed by atoms with Crippen molar-refractivity contribution in [2.75, 3.05) is 0 Å². The van der Waals surface area contributed by atoms with Gasteiger partial charge in [0.2, 0.25) is 0 Å². The van der Waals surface area contributed by atoms with Crippen LogP contribution in [0.5, 0.6) is 0 Å². The van der Waals surface area contributed by atoms with E-state index in [2.05, 4.69) is 32.7 Å². The van der Waals surface area contributed by atoms with Crippen LogP contribution in [0.2, 0.25) is 0 Å². The minimum Gasteiger partial charge on any atom is -0.478 e. The van der Waals surface area contributed by atoms with E-state index in [0.29, 0.717) is 31.0 Å². The van der Waals surface area contributed by atoms with Gasteiger partial charge < -0.3 is 15.0 Å². The summed E-state index contributed by atoms with van der Waals surface area (Å²) in [5.74, 6) is -0.148. The molecule has 0 bridgehead atoms. The molecule has 2 N–H and O–H groups in total. The molecule has 0 saturated carbocycles. The first-order valence-corrected chi connectivity index (χ1v) is 8.61. The molecule has 0 radical (unpaired) electrons. The van der Waals surface area contributed by atoms with E-state index >= 15 is 0 Å². The topological polar surface area (TPSA) is 92.9 Å². The number of hydrogen-bond acceptors (Lipinski definition) is 5. The van der Waals surface area contributed by atoms with Crippen LogP contribution in [0.1, 0.15) is 33.1 Å². The molecule has 138 valence electrons. The molecule has 0 fully saturated rings. The fraction of sp³-hybridized carbons (Fsp3) is 0.200. The predicted octanol–water partition coefficient (Wildman–Crippen LogP) is 2.68. The number of carbonyl (C=O) groups is 1. The van der Waals surface area contributed by atoms with Crippen molar-refractivity contribution in [1.29, 1.82) is 0 Å². The number of rotatable bonds is 8. The summed E-state index contributed by atoms with van der Waals surface area (Å²) in [4.78, 5) is 15.5. The van der Waals surface area contributed by atoms with E-state index in [1.807, 2.05) is 34.9 Å². The molecular formula is C20H21N5O2. The van der Waals surface area contributed by atoms with Gasteiger partial charge >= 0.3 is 5.97 Å². The van der Waals surface area contributed by atoms with E-state index in [0.717, 1.165) is 11.4 Å². The number of nitrogens with zero attached hydrogens (tertiary/aromatic N) is 4. The first-order valence-electron chi connectivity index (χ1n) is 8.61. The Labute approximate surface area is 157 Å². The van der Waals surface area contributed by atoms with Gasteiger partial charge in [-0.05, 0) is 24.6 Å². The van der Waals surface area contributed by atoms with Crippen molar-refractivity contribution < 1.29 is 9.90 Å². The van der Waals surface area contributed by atoms with Gasteiger partial charge in [-0.3, -0.25) is 4.98 Å². The maximum atomic E-state index is 11.1. The standard InChI is InChI=1S/C20H21N5O2/c1-15-10-17(20(26)27)11-18(23-15)12-21-13-19-24-22-14-25(19)9-5-8-16-6-3-2-4-7-16/h2-8,10-11,14,21H,9,12-13H2,1H3,(H,26,27)/b8-5+. The Bertz CT molecular complexity index is 935. The van der Waals surface area contributed by atoms with E-state index < -0.39 is 5.97 Å². The Morgan fingerprint density at radius 2 is 2.04 bits per heavy atom. The third-order valence-electron chi connectivity index (χ3n) is 3.95. The van der Waals surface area contributed by atoms with Crippen LogP contribution in [0.15, 0.2) is 54.9 Å². The monoisotopic (exact) mass is 363 g/mol. The quantitative estimate of drug-likeness (QED) is 0.639. The summed E-state index contributed by atoms with van der Waals surface area (Å²) in [7, 11) is 0. The number of aromatic carboxylic acids is 1. The number of benzene rings is 1. The van der Waals surface area contributed by atoms with Gasteiger partial charge in [-0.25, -0.2) is 4.79 Å². The van der Waals surface area contributed by atoms with Crippen LogP contribution >= 0.6 is 0 Å². The summed E-state index contributed by atoms with van der Waals surface area (Å²) in [6.07, 6.45) is 5.81. The zero-order valence-corrected chi connectivity index (χ0v) is 15.0. The third-order valence-corrected chi connectivity index (χ3v) is 3.95. The van der Waals surface area contributed by atoms with Crippen LogP contribution in [0.25, 0.3) is 6.08 Å². The molecule has 0 spiro atoms. The average molecular weight is 363 g/mol. The lowest BCUT2D eigenvalue weighted by Crippen LogP contribution is -2.18. The number of nitrogens with one attached hydrogen (secondary N) is 1. The minimum absolute atomic E-state index is 0.244. The largest absolute Gasteiger partial charge is 0.478 e. The minimum atomic E-state index is -0.952. The highest BCUT2D eigenvalue weighted by molar-refractivity contribution is 5.87. The Balaban J connectivity index is 1.56. The second-order valence-corrected chi connectivity index (χ2v) is 6.11. The zero-order chi connectivity index (χ0) is 19.1. The summed E-state index contributed by atoms with van der Waals surface area (Å²) in [6.45, 7) is 3.42. The lowest BCUT2D eigenvalue weighted by atomic mass is 10.2. The van der Waals surface area contributed by atoms with Crippen LogP contribution in [0.4, 0.5) is 0 Å². The average Bonchev–Trinajstić information content (AvgIpc) is 3.09. The summed E-state index contributed by atoms with van der Waals surface area (Å²) < 4.78 is 1.96. The highest BCUT2D eigenvalue weighted by atomic mass is 16.4. The molecule has 27 heavy (non-hydrogen) atoms. The molecule has 2 heterocycles. The summed E-state index contributed by atoms with van der Waals surface area (Å²) >= 11 is 0. The Kier molecular flexibility index (Phi) is 6.06. The summed E-state index contributed by atoms with van der Waals surface area (Å²) in [5.41, 5.74) is 2.75. The number of hydrogen-bond donors (Lipinski definition) is 2. The molecule has 2 aromatic heterocycles. The molecule has 0 aliphatic heterocycles. The number of carboxylic acid groups (broad SMARTS) is 1. The van der Waals surface area contributed by atoms with Gasteiger partial charge in [-0.1, -0.05) is 42.5 Å². The molecule has 0 aliphatic rings. The maximum Gasteiger partial charge on any atom is 0.335 e. The first-order chi connectivity index (χ1) is 13.1. The number of carboxylic acids is 1. The van der Waals surface area contributed by atoms with E-state index in [-0.39, 0.29) is 5.56 Å². The maximum absolute atomic E-state index is 11.1. The molecule has 7 nitrogen and oxygen atoms in total. The van der Waals surface area contributed by atoms with Gasteiger partial charge in [-0.15, -0.1) is 10.2 Å². The molecule has 1 aromatic carbocycles.